The first-order valence-electron chi connectivity index (χ1n) is 5.99. The van der Waals surface area contributed by atoms with Gasteiger partial charge in [-0.1, -0.05) is 11.6 Å². The van der Waals surface area contributed by atoms with Crippen LogP contribution in [0.1, 0.15) is 12.8 Å². The molecule has 1 saturated heterocycles. The number of carbonyl (C=O) groups excluding carboxylic acids is 3. The van der Waals surface area contributed by atoms with Gasteiger partial charge in [0.15, 0.2) is 5.78 Å². The van der Waals surface area contributed by atoms with Gasteiger partial charge in [0.2, 0.25) is 11.8 Å². The molecule has 0 bridgehead atoms. The van der Waals surface area contributed by atoms with Crippen molar-refractivity contribution in [3.63, 3.8) is 0 Å². The summed E-state index contributed by atoms with van der Waals surface area (Å²) in [5.41, 5.74) is 1.60. The highest BCUT2D eigenvalue weighted by atomic mass is 35.5. The fourth-order valence-corrected chi connectivity index (χ4v) is 2.73. The normalized spacial score (nSPS) is 26.6. The third-order valence-electron chi connectivity index (χ3n) is 3.50. The van der Waals surface area contributed by atoms with Crippen LogP contribution in [0.15, 0.2) is 34.5 Å². The standard InChI is InChI=1S/C13H11ClN2O3/c14-12-8-6-16(5-7(8)1-3-10(12)17)9-2-4-11(18)15-13(9)19/h1,3,5,9H,2,4,6H2,(H,15,18,19). The lowest BCUT2D eigenvalue weighted by Gasteiger charge is -2.29. The van der Waals surface area contributed by atoms with E-state index >= 15 is 0 Å². The zero-order chi connectivity index (χ0) is 13.6. The molecule has 2 heterocycles. The minimum absolute atomic E-state index is 0.209. The van der Waals surface area contributed by atoms with E-state index in [-0.39, 0.29) is 28.7 Å². The second-order valence-electron chi connectivity index (χ2n) is 4.71. The van der Waals surface area contributed by atoms with Gasteiger partial charge in [0.1, 0.15) is 6.04 Å². The average molecular weight is 279 g/mol. The number of piperidine rings is 1. The lowest BCUT2D eigenvalue weighted by atomic mass is 10.0. The zero-order valence-corrected chi connectivity index (χ0v) is 10.7. The summed E-state index contributed by atoms with van der Waals surface area (Å²) in [4.78, 5) is 36.2. The van der Waals surface area contributed by atoms with Crippen LogP contribution in [0, 0.1) is 0 Å². The lowest BCUT2D eigenvalue weighted by molar-refractivity contribution is -0.136. The van der Waals surface area contributed by atoms with Crippen molar-refractivity contribution in [2.45, 2.75) is 18.9 Å². The van der Waals surface area contributed by atoms with E-state index in [9.17, 15) is 14.4 Å². The van der Waals surface area contributed by atoms with Crippen LogP contribution in [0.4, 0.5) is 0 Å². The van der Waals surface area contributed by atoms with Gasteiger partial charge >= 0.3 is 0 Å². The van der Waals surface area contributed by atoms with Gasteiger partial charge < -0.3 is 4.90 Å². The number of fused-ring (bicyclic) bond motifs is 1. The van der Waals surface area contributed by atoms with Crippen molar-refractivity contribution in [1.82, 2.24) is 10.2 Å². The molecular formula is C13H11ClN2O3. The summed E-state index contributed by atoms with van der Waals surface area (Å²) in [5.74, 6) is -0.740. The van der Waals surface area contributed by atoms with Crippen LogP contribution in [-0.4, -0.2) is 35.1 Å². The number of nitrogens with one attached hydrogen (secondary N) is 1. The minimum Gasteiger partial charge on any atom is -0.361 e. The highest BCUT2D eigenvalue weighted by molar-refractivity contribution is 6.45. The van der Waals surface area contributed by atoms with E-state index in [2.05, 4.69) is 5.32 Å². The maximum atomic E-state index is 11.8. The first kappa shape index (κ1) is 12.2. The van der Waals surface area contributed by atoms with Gasteiger partial charge in [-0.25, -0.2) is 0 Å². The Morgan fingerprint density at radius 1 is 1.26 bits per heavy atom. The maximum Gasteiger partial charge on any atom is 0.249 e. The van der Waals surface area contributed by atoms with E-state index < -0.39 is 0 Å². The minimum atomic E-state index is -0.378. The number of halogens is 1. The maximum absolute atomic E-state index is 11.8. The highest BCUT2D eigenvalue weighted by Crippen LogP contribution is 2.32. The number of ketones is 1. The lowest BCUT2D eigenvalue weighted by Crippen LogP contribution is -2.50. The van der Waals surface area contributed by atoms with Gasteiger partial charge in [-0.05, 0) is 24.1 Å². The monoisotopic (exact) mass is 278 g/mol. The van der Waals surface area contributed by atoms with Gasteiger partial charge in [0, 0.05) is 24.7 Å². The van der Waals surface area contributed by atoms with Crippen LogP contribution in [0.5, 0.6) is 0 Å². The summed E-state index contributed by atoms with van der Waals surface area (Å²) in [6.45, 7) is 0.427. The van der Waals surface area contributed by atoms with Crippen LogP contribution in [0.25, 0.3) is 0 Å². The first-order valence-corrected chi connectivity index (χ1v) is 6.37. The number of carbonyl (C=O) groups is 3. The second-order valence-corrected chi connectivity index (χ2v) is 5.09. The highest BCUT2D eigenvalue weighted by Gasteiger charge is 2.35. The number of amides is 2. The molecule has 1 aliphatic carbocycles. The molecule has 19 heavy (non-hydrogen) atoms. The van der Waals surface area contributed by atoms with Crippen LogP contribution >= 0.6 is 11.6 Å². The topological polar surface area (TPSA) is 66.5 Å². The van der Waals surface area contributed by atoms with Crippen LogP contribution in [-0.2, 0) is 14.4 Å². The smallest absolute Gasteiger partial charge is 0.249 e. The molecule has 0 aromatic carbocycles. The van der Waals surface area contributed by atoms with E-state index in [1.807, 2.05) is 11.1 Å². The summed E-state index contributed by atoms with van der Waals surface area (Å²) < 4.78 is 0. The van der Waals surface area contributed by atoms with Crippen LogP contribution in [0.3, 0.4) is 0 Å². The molecule has 2 amide bonds. The largest absolute Gasteiger partial charge is 0.361 e. The molecule has 3 aliphatic rings. The third kappa shape index (κ3) is 2.00. The molecule has 3 rings (SSSR count). The number of nitrogens with zero attached hydrogens (tertiary/aromatic N) is 1. The van der Waals surface area contributed by atoms with Gasteiger partial charge in [0.25, 0.3) is 0 Å². The molecular weight excluding hydrogens is 268 g/mol. The number of imide groups is 1. The average Bonchev–Trinajstić information content (AvgIpc) is 2.78. The number of hydrogen-bond acceptors (Lipinski definition) is 4. The van der Waals surface area contributed by atoms with Crippen LogP contribution in [0.2, 0.25) is 0 Å². The van der Waals surface area contributed by atoms with E-state index in [4.69, 9.17) is 11.6 Å². The molecule has 0 aromatic rings. The molecule has 0 spiro atoms. The van der Waals surface area contributed by atoms with Crippen molar-refractivity contribution in [1.29, 1.82) is 0 Å². The Balaban J connectivity index is 1.85. The summed E-state index contributed by atoms with van der Waals surface area (Å²) in [5, 5.41) is 2.54. The predicted molar refractivity (Wildman–Crippen MR) is 68.0 cm³/mol. The van der Waals surface area contributed by atoms with E-state index in [0.29, 0.717) is 19.4 Å². The van der Waals surface area contributed by atoms with Gasteiger partial charge in [-0.3, -0.25) is 19.7 Å². The SMILES string of the molecule is O=C1CCC(N2C=C3C=CC(=O)C(Cl)=C3C2)C(=O)N1. The summed E-state index contributed by atoms with van der Waals surface area (Å²) in [6.07, 6.45) is 5.76. The number of allylic oxidation sites excluding steroid dienone is 3. The van der Waals surface area contributed by atoms with Gasteiger partial charge in [-0.2, -0.15) is 0 Å². The van der Waals surface area contributed by atoms with Crippen molar-refractivity contribution in [3.8, 4) is 0 Å². The van der Waals surface area contributed by atoms with E-state index in [1.165, 1.54) is 6.08 Å². The summed E-state index contributed by atoms with van der Waals surface area (Å²) in [6, 6.07) is -0.378. The molecule has 6 heteroatoms. The van der Waals surface area contributed by atoms with Crippen molar-refractivity contribution in [2.75, 3.05) is 6.54 Å². The second kappa shape index (κ2) is 4.35. The molecule has 0 aromatic heterocycles. The van der Waals surface area contributed by atoms with E-state index in [1.54, 1.807) is 6.08 Å². The number of hydrogen-bond donors (Lipinski definition) is 1. The molecule has 1 unspecified atom stereocenters. The quantitative estimate of drug-likeness (QED) is 0.714. The van der Waals surface area contributed by atoms with Gasteiger partial charge in [-0.15, -0.1) is 0 Å². The molecule has 98 valence electrons. The zero-order valence-electron chi connectivity index (χ0n) is 9.98. The fourth-order valence-electron chi connectivity index (χ4n) is 2.50. The Kier molecular flexibility index (Phi) is 2.78. The van der Waals surface area contributed by atoms with Gasteiger partial charge in [0.05, 0.1) is 5.03 Å². The Morgan fingerprint density at radius 3 is 2.79 bits per heavy atom. The molecule has 1 fully saturated rings. The first-order chi connectivity index (χ1) is 9.06. The Hall–Kier alpha value is -1.88. The van der Waals surface area contributed by atoms with Crippen molar-refractivity contribution >= 4 is 29.2 Å². The molecule has 0 radical (unpaired) electrons. The van der Waals surface area contributed by atoms with Crippen LogP contribution < -0.4 is 5.32 Å². The Bertz CT molecular complexity index is 589. The Labute approximate surface area is 114 Å². The predicted octanol–water partition coefficient (Wildman–Crippen LogP) is 0.623. The summed E-state index contributed by atoms with van der Waals surface area (Å²) >= 11 is 5.99. The number of rotatable bonds is 1. The molecule has 0 saturated carbocycles. The van der Waals surface area contributed by atoms with Crippen molar-refractivity contribution in [3.05, 3.63) is 34.5 Å². The molecule has 1 atom stereocenters. The van der Waals surface area contributed by atoms with E-state index in [0.717, 1.165) is 11.1 Å². The van der Waals surface area contributed by atoms with Crippen molar-refractivity contribution in [2.24, 2.45) is 0 Å². The molecule has 5 nitrogen and oxygen atoms in total. The Morgan fingerprint density at radius 2 is 2.05 bits per heavy atom. The molecule has 1 N–H and O–H groups in total. The molecule has 2 aliphatic heterocycles. The third-order valence-corrected chi connectivity index (χ3v) is 3.91. The summed E-state index contributed by atoms with van der Waals surface area (Å²) in [7, 11) is 0. The van der Waals surface area contributed by atoms with Crippen molar-refractivity contribution < 1.29 is 14.4 Å². The fraction of sp³-hybridized carbons (Fsp3) is 0.308.